The van der Waals surface area contributed by atoms with Gasteiger partial charge in [0.2, 0.25) is 0 Å². The molecule has 2 heterocycles. The summed E-state index contributed by atoms with van der Waals surface area (Å²) in [5.41, 5.74) is 1.41. The fourth-order valence-corrected chi connectivity index (χ4v) is 3.51. The lowest BCUT2D eigenvalue weighted by molar-refractivity contribution is 0.392. The van der Waals surface area contributed by atoms with Crippen molar-refractivity contribution in [1.82, 2.24) is 25.4 Å². The van der Waals surface area contributed by atoms with Crippen LogP contribution in [0.3, 0.4) is 0 Å². The molecule has 0 spiro atoms. The second-order valence-corrected chi connectivity index (χ2v) is 6.71. The molecule has 0 amide bonds. The third-order valence-electron chi connectivity index (χ3n) is 4.87. The molecule has 1 aromatic carbocycles. The van der Waals surface area contributed by atoms with Gasteiger partial charge in [-0.05, 0) is 25.3 Å². The fraction of sp³-hybridized carbons (Fsp3) is 0.500. The summed E-state index contributed by atoms with van der Waals surface area (Å²) in [6.45, 7) is 2.80. The molecule has 2 N–H and O–H groups in total. The van der Waals surface area contributed by atoms with Gasteiger partial charge in [-0.3, -0.25) is 4.99 Å². The van der Waals surface area contributed by atoms with Gasteiger partial charge in [-0.15, -0.1) is 0 Å². The van der Waals surface area contributed by atoms with Crippen molar-refractivity contribution in [3.63, 3.8) is 0 Å². The van der Waals surface area contributed by atoms with E-state index in [1.807, 2.05) is 18.7 Å². The maximum absolute atomic E-state index is 4.47. The predicted octanol–water partition coefficient (Wildman–Crippen LogP) is 1.62. The van der Waals surface area contributed by atoms with Gasteiger partial charge in [0, 0.05) is 31.5 Å². The van der Waals surface area contributed by atoms with Crippen LogP contribution in [0, 0.1) is 6.92 Å². The van der Waals surface area contributed by atoms with Gasteiger partial charge in [-0.2, -0.15) is 5.10 Å². The second kappa shape index (κ2) is 6.26. The summed E-state index contributed by atoms with van der Waals surface area (Å²) < 4.78 is 2.02. The van der Waals surface area contributed by atoms with E-state index in [4.69, 9.17) is 0 Å². The van der Waals surface area contributed by atoms with Gasteiger partial charge < -0.3 is 10.6 Å². The number of benzene rings is 1. The Bertz CT molecular complexity index is 735. The monoisotopic (exact) mass is 324 g/mol. The number of aryl methyl sites for hydroxylation is 2. The van der Waals surface area contributed by atoms with Crippen molar-refractivity contribution in [3.05, 3.63) is 47.5 Å². The van der Waals surface area contributed by atoms with E-state index in [9.17, 15) is 0 Å². The molecule has 1 fully saturated rings. The van der Waals surface area contributed by atoms with Crippen molar-refractivity contribution in [3.8, 4) is 0 Å². The summed E-state index contributed by atoms with van der Waals surface area (Å²) in [5, 5.41) is 11.6. The lowest BCUT2D eigenvalue weighted by atomic mass is 10.1. The minimum atomic E-state index is 0.346. The summed E-state index contributed by atoms with van der Waals surface area (Å²) in [6.07, 6.45) is 3.19. The molecule has 0 saturated heterocycles. The van der Waals surface area contributed by atoms with Gasteiger partial charge in [0.25, 0.3) is 0 Å². The number of hydrogen-bond donors (Lipinski definition) is 2. The fourth-order valence-electron chi connectivity index (χ4n) is 3.51. The minimum Gasteiger partial charge on any atom is -0.353 e. The van der Waals surface area contributed by atoms with Crippen molar-refractivity contribution < 1.29 is 0 Å². The number of aromatic nitrogens is 3. The summed E-state index contributed by atoms with van der Waals surface area (Å²) in [6, 6.07) is 11.5. The van der Waals surface area contributed by atoms with Crippen LogP contribution in [-0.4, -0.2) is 39.9 Å². The lowest BCUT2D eigenvalue weighted by Gasteiger charge is -2.25. The molecule has 6 heteroatoms. The Morgan fingerprint density at radius 3 is 2.88 bits per heavy atom. The molecule has 0 radical (unpaired) electrons. The highest BCUT2D eigenvalue weighted by atomic mass is 15.4. The first kappa shape index (κ1) is 15.2. The Labute approximate surface area is 142 Å². The number of aliphatic imine (C=N–C) groups is 1. The number of guanidine groups is 1. The number of nitrogens with one attached hydrogen (secondary N) is 2. The summed E-state index contributed by atoms with van der Waals surface area (Å²) in [7, 11) is 1.84. The summed E-state index contributed by atoms with van der Waals surface area (Å²) in [4.78, 5) is 8.87. The third kappa shape index (κ3) is 3.13. The Kier molecular flexibility index (Phi) is 3.96. The number of nitrogens with zero attached hydrogens (tertiary/aromatic N) is 4. The number of hydrogen-bond acceptors (Lipinski definition) is 3. The Hall–Kier alpha value is -2.37. The molecule has 3 atom stereocenters. The standard InChI is InChI=1S/C18H24N6/c1-12-20-17-9-8-14(11-24(17)23-12)21-18(19-2)22-16-10-15(16)13-6-4-3-5-7-13/h3-7,14-16H,8-11H2,1-2H3,(H2,19,21,22). The molecule has 3 unspecified atom stereocenters. The van der Waals surface area contributed by atoms with E-state index >= 15 is 0 Å². The summed E-state index contributed by atoms with van der Waals surface area (Å²) in [5.74, 6) is 3.45. The van der Waals surface area contributed by atoms with E-state index in [2.05, 4.69) is 56.0 Å². The zero-order valence-corrected chi connectivity index (χ0v) is 14.2. The zero-order chi connectivity index (χ0) is 16.5. The molecule has 1 aliphatic heterocycles. The number of rotatable bonds is 3. The molecule has 2 aromatic rings. The average molecular weight is 324 g/mol. The van der Waals surface area contributed by atoms with E-state index in [1.165, 1.54) is 12.0 Å². The highest BCUT2D eigenvalue weighted by Gasteiger charge is 2.39. The van der Waals surface area contributed by atoms with Gasteiger partial charge in [-0.25, -0.2) is 9.67 Å². The van der Waals surface area contributed by atoms with Crippen LogP contribution in [0.5, 0.6) is 0 Å². The van der Waals surface area contributed by atoms with Gasteiger partial charge in [-0.1, -0.05) is 30.3 Å². The normalized spacial score (nSPS) is 25.9. The average Bonchev–Trinajstić information content (AvgIpc) is 3.26. The van der Waals surface area contributed by atoms with Crippen LogP contribution in [0.1, 0.15) is 36.0 Å². The smallest absolute Gasteiger partial charge is 0.191 e. The maximum atomic E-state index is 4.47. The first-order valence-corrected chi connectivity index (χ1v) is 8.68. The van der Waals surface area contributed by atoms with E-state index in [1.54, 1.807) is 0 Å². The minimum absolute atomic E-state index is 0.346. The molecule has 0 bridgehead atoms. The molecular weight excluding hydrogens is 300 g/mol. The highest BCUT2D eigenvalue weighted by molar-refractivity contribution is 5.80. The Balaban J connectivity index is 1.33. The van der Waals surface area contributed by atoms with Crippen LogP contribution in [0.25, 0.3) is 0 Å². The van der Waals surface area contributed by atoms with Crippen LogP contribution in [0.4, 0.5) is 0 Å². The van der Waals surface area contributed by atoms with Crippen LogP contribution in [-0.2, 0) is 13.0 Å². The molecule has 24 heavy (non-hydrogen) atoms. The van der Waals surface area contributed by atoms with E-state index in [0.717, 1.165) is 37.0 Å². The Morgan fingerprint density at radius 2 is 2.08 bits per heavy atom. The van der Waals surface area contributed by atoms with Crippen LogP contribution in [0.2, 0.25) is 0 Å². The maximum Gasteiger partial charge on any atom is 0.191 e. The largest absolute Gasteiger partial charge is 0.353 e. The molecular formula is C18H24N6. The van der Waals surface area contributed by atoms with Gasteiger partial charge in [0.1, 0.15) is 11.6 Å². The molecule has 1 aromatic heterocycles. The molecule has 1 aliphatic carbocycles. The molecule has 126 valence electrons. The molecule has 6 nitrogen and oxygen atoms in total. The first-order valence-electron chi connectivity index (χ1n) is 8.68. The van der Waals surface area contributed by atoms with Crippen molar-refractivity contribution >= 4 is 5.96 Å². The molecule has 4 rings (SSSR count). The topological polar surface area (TPSA) is 67.1 Å². The van der Waals surface area contributed by atoms with E-state index in [0.29, 0.717) is 18.0 Å². The lowest BCUT2D eigenvalue weighted by Crippen LogP contribution is -2.47. The number of fused-ring (bicyclic) bond motifs is 1. The van der Waals surface area contributed by atoms with Gasteiger partial charge in [0.05, 0.1) is 6.54 Å². The van der Waals surface area contributed by atoms with E-state index in [-0.39, 0.29) is 0 Å². The van der Waals surface area contributed by atoms with Crippen LogP contribution < -0.4 is 10.6 Å². The predicted molar refractivity (Wildman–Crippen MR) is 94.1 cm³/mol. The van der Waals surface area contributed by atoms with Crippen molar-refractivity contribution in [2.45, 2.75) is 50.7 Å². The Morgan fingerprint density at radius 1 is 1.25 bits per heavy atom. The van der Waals surface area contributed by atoms with Gasteiger partial charge >= 0.3 is 0 Å². The van der Waals surface area contributed by atoms with Crippen molar-refractivity contribution in [2.24, 2.45) is 4.99 Å². The SMILES string of the molecule is CN=C(NC1CCc2nc(C)nn2C1)NC1CC1c1ccccc1. The zero-order valence-electron chi connectivity index (χ0n) is 14.2. The first-order chi connectivity index (χ1) is 11.7. The molecule has 1 saturated carbocycles. The van der Waals surface area contributed by atoms with Crippen molar-refractivity contribution in [1.29, 1.82) is 0 Å². The quantitative estimate of drug-likeness (QED) is 0.665. The highest BCUT2D eigenvalue weighted by Crippen LogP contribution is 2.40. The molecule has 2 aliphatic rings. The second-order valence-electron chi connectivity index (χ2n) is 6.71. The van der Waals surface area contributed by atoms with E-state index < -0.39 is 0 Å². The van der Waals surface area contributed by atoms with Crippen LogP contribution >= 0.6 is 0 Å². The van der Waals surface area contributed by atoms with Crippen LogP contribution in [0.15, 0.2) is 35.3 Å². The summed E-state index contributed by atoms with van der Waals surface area (Å²) >= 11 is 0. The van der Waals surface area contributed by atoms with Crippen molar-refractivity contribution in [2.75, 3.05) is 7.05 Å². The van der Waals surface area contributed by atoms with Gasteiger partial charge in [0.15, 0.2) is 5.96 Å². The third-order valence-corrected chi connectivity index (χ3v) is 4.87.